The van der Waals surface area contributed by atoms with E-state index in [0.717, 1.165) is 10.5 Å². The fraction of sp³-hybridized carbons (Fsp3) is 0.0800. The Labute approximate surface area is 205 Å². The van der Waals surface area contributed by atoms with Crippen molar-refractivity contribution in [1.82, 2.24) is 5.32 Å². The Kier molecular flexibility index (Phi) is 6.86. The second-order valence-corrected chi connectivity index (χ2v) is 8.03. The van der Waals surface area contributed by atoms with Crippen LogP contribution in [0.25, 0.3) is 6.08 Å². The van der Waals surface area contributed by atoms with Crippen molar-refractivity contribution in [2.24, 2.45) is 0 Å². The molecule has 0 aromatic heterocycles. The first-order chi connectivity index (χ1) is 16.4. The summed E-state index contributed by atoms with van der Waals surface area (Å²) in [4.78, 5) is 38.8. The third kappa shape index (κ3) is 4.76. The van der Waals surface area contributed by atoms with E-state index in [-0.39, 0.29) is 27.9 Å². The molecule has 0 spiro atoms. The van der Waals surface area contributed by atoms with Gasteiger partial charge in [0.15, 0.2) is 11.5 Å². The highest BCUT2D eigenvalue weighted by Crippen LogP contribution is 2.38. The minimum Gasteiger partial charge on any atom is -0.493 e. The van der Waals surface area contributed by atoms with Crippen molar-refractivity contribution in [2.75, 3.05) is 12.0 Å². The van der Waals surface area contributed by atoms with E-state index >= 15 is 0 Å². The molecule has 0 unspecified atom stereocenters. The van der Waals surface area contributed by atoms with Crippen molar-refractivity contribution < 1.29 is 23.9 Å². The molecular weight excluding hydrogens is 479 g/mol. The Morgan fingerprint density at radius 1 is 0.941 bits per heavy atom. The summed E-state index contributed by atoms with van der Waals surface area (Å²) in [5, 5.41) is 2.57. The molecule has 34 heavy (non-hydrogen) atoms. The first kappa shape index (κ1) is 23.4. The van der Waals surface area contributed by atoms with Crippen LogP contribution >= 0.6 is 23.2 Å². The fourth-order valence-corrected chi connectivity index (χ4v) is 3.86. The Bertz CT molecular complexity index is 1310. The molecule has 3 aromatic rings. The number of anilines is 1. The van der Waals surface area contributed by atoms with E-state index in [9.17, 15) is 14.4 Å². The van der Waals surface area contributed by atoms with Crippen LogP contribution in [0, 0.1) is 0 Å². The second-order valence-electron chi connectivity index (χ2n) is 7.22. The van der Waals surface area contributed by atoms with E-state index in [4.69, 9.17) is 32.7 Å². The lowest BCUT2D eigenvalue weighted by Crippen LogP contribution is -2.54. The van der Waals surface area contributed by atoms with Crippen LogP contribution in [0.4, 0.5) is 10.5 Å². The number of barbiturate groups is 1. The number of carbonyl (C=O) groups is 3. The average molecular weight is 497 g/mol. The van der Waals surface area contributed by atoms with Gasteiger partial charge in [-0.1, -0.05) is 65.7 Å². The third-order valence-corrected chi connectivity index (χ3v) is 5.58. The molecule has 172 valence electrons. The van der Waals surface area contributed by atoms with Gasteiger partial charge < -0.3 is 9.47 Å². The SMILES string of the molecule is COc1cc(/C=C2\C(=O)NC(=O)N(c3ccccc3Cl)C2=O)cc(Cl)c1OCc1ccccc1. The summed E-state index contributed by atoms with van der Waals surface area (Å²) in [6, 6.07) is 18.1. The summed E-state index contributed by atoms with van der Waals surface area (Å²) in [6.07, 6.45) is 1.32. The fourth-order valence-electron chi connectivity index (χ4n) is 3.37. The van der Waals surface area contributed by atoms with Crippen molar-refractivity contribution in [2.45, 2.75) is 6.61 Å². The monoisotopic (exact) mass is 496 g/mol. The maximum absolute atomic E-state index is 13.1. The van der Waals surface area contributed by atoms with E-state index in [1.54, 1.807) is 18.2 Å². The van der Waals surface area contributed by atoms with E-state index in [1.165, 1.54) is 31.4 Å². The van der Waals surface area contributed by atoms with Gasteiger partial charge in [-0.3, -0.25) is 14.9 Å². The van der Waals surface area contributed by atoms with Crippen molar-refractivity contribution in [3.8, 4) is 11.5 Å². The Morgan fingerprint density at radius 2 is 1.65 bits per heavy atom. The van der Waals surface area contributed by atoms with E-state index in [0.29, 0.717) is 17.1 Å². The van der Waals surface area contributed by atoms with Crippen LogP contribution in [0.15, 0.2) is 72.3 Å². The Morgan fingerprint density at radius 3 is 2.35 bits per heavy atom. The summed E-state index contributed by atoms with van der Waals surface area (Å²) in [5.74, 6) is -1.01. The highest BCUT2D eigenvalue weighted by atomic mass is 35.5. The normalized spacial score (nSPS) is 14.9. The number of hydrogen-bond acceptors (Lipinski definition) is 5. The average Bonchev–Trinajstić information content (AvgIpc) is 2.82. The van der Waals surface area contributed by atoms with E-state index < -0.39 is 17.8 Å². The maximum atomic E-state index is 13.1. The van der Waals surface area contributed by atoms with Crippen LogP contribution in [-0.4, -0.2) is 25.0 Å². The number of halogens is 2. The van der Waals surface area contributed by atoms with Crippen LogP contribution in [-0.2, 0) is 16.2 Å². The molecule has 1 heterocycles. The lowest BCUT2D eigenvalue weighted by molar-refractivity contribution is -0.122. The molecule has 0 bridgehead atoms. The van der Waals surface area contributed by atoms with E-state index in [2.05, 4.69) is 5.32 Å². The first-order valence-corrected chi connectivity index (χ1v) is 10.8. The first-order valence-electron chi connectivity index (χ1n) is 10.1. The number of para-hydroxylation sites is 1. The number of amides is 4. The van der Waals surface area contributed by atoms with Crippen LogP contribution < -0.4 is 19.7 Å². The van der Waals surface area contributed by atoms with Gasteiger partial charge in [0, 0.05) is 0 Å². The molecule has 1 fully saturated rings. The number of ether oxygens (including phenoxy) is 2. The molecule has 9 heteroatoms. The highest BCUT2D eigenvalue weighted by Gasteiger charge is 2.37. The quantitative estimate of drug-likeness (QED) is 0.372. The van der Waals surface area contributed by atoms with Gasteiger partial charge in [-0.05, 0) is 41.5 Å². The van der Waals surface area contributed by atoms with Gasteiger partial charge >= 0.3 is 6.03 Å². The molecule has 7 nitrogen and oxygen atoms in total. The van der Waals surface area contributed by atoms with Gasteiger partial charge in [0.25, 0.3) is 11.8 Å². The number of imide groups is 2. The lowest BCUT2D eigenvalue weighted by Gasteiger charge is -2.27. The minimum absolute atomic E-state index is 0.158. The van der Waals surface area contributed by atoms with Gasteiger partial charge in [-0.25, -0.2) is 9.69 Å². The van der Waals surface area contributed by atoms with Gasteiger partial charge in [-0.2, -0.15) is 0 Å². The molecule has 4 rings (SSSR count). The predicted octanol–water partition coefficient (Wildman–Crippen LogP) is 5.25. The molecule has 3 aromatic carbocycles. The van der Waals surface area contributed by atoms with Gasteiger partial charge in [0.05, 0.1) is 22.8 Å². The number of hydrogen-bond donors (Lipinski definition) is 1. The van der Waals surface area contributed by atoms with Crippen LogP contribution in [0.3, 0.4) is 0 Å². The molecule has 1 aliphatic heterocycles. The number of nitrogens with one attached hydrogen (secondary N) is 1. The summed E-state index contributed by atoms with van der Waals surface area (Å²) < 4.78 is 11.3. The molecule has 1 saturated heterocycles. The molecule has 1 aliphatic rings. The highest BCUT2D eigenvalue weighted by molar-refractivity contribution is 6.42. The molecule has 0 saturated carbocycles. The second kappa shape index (κ2) is 9.99. The largest absolute Gasteiger partial charge is 0.493 e. The molecule has 0 radical (unpaired) electrons. The van der Waals surface area contributed by atoms with Gasteiger partial charge in [0.2, 0.25) is 0 Å². The lowest BCUT2D eigenvalue weighted by atomic mass is 10.1. The number of methoxy groups -OCH3 is 1. The zero-order valence-corrected chi connectivity index (χ0v) is 19.4. The molecule has 0 aliphatic carbocycles. The molecular formula is C25H18Cl2N2O5. The number of benzene rings is 3. The standard InChI is InChI=1S/C25H18Cl2N2O5/c1-33-21-13-16(12-19(27)22(21)34-14-15-7-3-2-4-8-15)11-17-23(30)28-25(32)29(24(17)31)20-10-6-5-9-18(20)26/h2-13H,14H2,1H3,(H,28,30,32)/b17-11+. The zero-order chi connectivity index (χ0) is 24.2. The van der Waals surface area contributed by atoms with Gasteiger partial charge in [-0.15, -0.1) is 0 Å². The number of rotatable bonds is 6. The molecule has 1 N–H and O–H groups in total. The summed E-state index contributed by atoms with van der Waals surface area (Å²) in [6.45, 7) is 0.271. The van der Waals surface area contributed by atoms with Crippen molar-refractivity contribution in [3.05, 3.63) is 93.5 Å². The summed E-state index contributed by atoms with van der Waals surface area (Å²) in [7, 11) is 1.45. The number of carbonyl (C=O) groups excluding carboxylic acids is 3. The number of urea groups is 1. The maximum Gasteiger partial charge on any atom is 0.335 e. The van der Waals surface area contributed by atoms with Crippen molar-refractivity contribution in [3.63, 3.8) is 0 Å². The third-order valence-electron chi connectivity index (χ3n) is 4.98. The predicted molar refractivity (Wildman–Crippen MR) is 129 cm³/mol. The van der Waals surface area contributed by atoms with Crippen molar-refractivity contribution in [1.29, 1.82) is 0 Å². The zero-order valence-electron chi connectivity index (χ0n) is 17.9. The molecule has 0 atom stereocenters. The van der Waals surface area contributed by atoms with E-state index in [1.807, 2.05) is 30.3 Å². The summed E-state index contributed by atoms with van der Waals surface area (Å²) in [5.41, 5.74) is 1.24. The van der Waals surface area contributed by atoms with Crippen LogP contribution in [0.5, 0.6) is 11.5 Å². The van der Waals surface area contributed by atoms with Crippen LogP contribution in [0.1, 0.15) is 11.1 Å². The Hall–Kier alpha value is -3.81. The van der Waals surface area contributed by atoms with Crippen molar-refractivity contribution >= 4 is 52.8 Å². The smallest absolute Gasteiger partial charge is 0.335 e. The van der Waals surface area contributed by atoms with Gasteiger partial charge in [0.1, 0.15) is 12.2 Å². The Balaban J connectivity index is 1.66. The number of nitrogens with zero attached hydrogens (tertiary/aromatic N) is 1. The minimum atomic E-state index is -0.888. The molecule has 4 amide bonds. The summed E-state index contributed by atoms with van der Waals surface area (Å²) >= 11 is 12.6. The topological polar surface area (TPSA) is 84.9 Å². The van der Waals surface area contributed by atoms with Crippen LogP contribution in [0.2, 0.25) is 10.0 Å².